The number of carbonyl (C=O) groups is 3. The lowest BCUT2D eigenvalue weighted by atomic mass is 10.0. The number of hydrogen-bond acceptors (Lipinski definition) is 6. The molecular formula is C21H14N2O6. The lowest BCUT2D eigenvalue weighted by molar-refractivity contribution is -0.0583. The van der Waals surface area contributed by atoms with E-state index in [1.807, 2.05) is 0 Å². The zero-order chi connectivity index (χ0) is 20.0. The Morgan fingerprint density at radius 2 is 1.59 bits per heavy atom. The number of hydrogen-bond donors (Lipinski definition) is 1. The van der Waals surface area contributed by atoms with E-state index < -0.39 is 17.8 Å². The topological polar surface area (TPSA) is 97.9 Å². The molecule has 0 saturated carbocycles. The summed E-state index contributed by atoms with van der Waals surface area (Å²) in [4.78, 5) is 45.6. The molecule has 0 fully saturated rings. The predicted molar refractivity (Wildman–Crippen MR) is 99.6 cm³/mol. The van der Waals surface area contributed by atoms with Gasteiger partial charge in [-0.15, -0.1) is 0 Å². The molecule has 0 unspecified atom stereocenters. The first-order valence-electron chi connectivity index (χ1n) is 8.90. The molecule has 2 aromatic carbocycles. The second kappa shape index (κ2) is 6.52. The van der Waals surface area contributed by atoms with Gasteiger partial charge in [-0.2, -0.15) is 0 Å². The van der Waals surface area contributed by atoms with Crippen LogP contribution in [0.4, 0.5) is 0 Å². The van der Waals surface area contributed by atoms with Crippen molar-refractivity contribution < 1.29 is 28.7 Å². The predicted octanol–water partition coefficient (Wildman–Crippen LogP) is 2.82. The smallest absolute Gasteiger partial charge is 0.366 e. The Labute approximate surface area is 164 Å². The van der Waals surface area contributed by atoms with E-state index in [1.54, 1.807) is 36.5 Å². The summed E-state index contributed by atoms with van der Waals surface area (Å²) >= 11 is 0. The summed E-state index contributed by atoms with van der Waals surface area (Å²) in [7, 11) is 0. The van der Waals surface area contributed by atoms with Crippen molar-refractivity contribution in [2.45, 2.75) is 0 Å². The standard InChI is InChI=1S/C21H14N2O6/c24-19-13-3-1-2-4-14(13)20(25)23(19)29-21(26)16-11-22-10-15(16)12-5-6-17-18(9-12)28-8-7-27-17/h1-6,9-11,22H,7-8H2. The van der Waals surface area contributed by atoms with E-state index in [1.165, 1.54) is 18.3 Å². The van der Waals surface area contributed by atoms with Gasteiger partial charge in [-0.1, -0.05) is 23.3 Å². The second-order valence-corrected chi connectivity index (χ2v) is 6.47. The fourth-order valence-electron chi connectivity index (χ4n) is 3.36. The molecule has 5 rings (SSSR count). The van der Waals surface area contributed by atoms with Gasteiger partial charge in [-0.3, -0.25) is 9.59 Å². The van der Waals surface area contributed by atoms with Crippen LogP contribution in [0.3, 0.4) is 0 Å². The first-order chi connectivity index (χ1) is 14.1. The highest BCUT2D eigenvalue weighted by atomic mass is 16.7. The van der Waals surface area contributed by atoms with Crippen LogP contribution in [-0.2, 0) is 4.84 Å². The quantitative estimate of drug-likeness (QED) is 0.691. The van der Waals surface area contributed by atoms with Crippen LogP contribution in [-0.4, -0.2) is 41.0 Å². The van der Waals surface area contributed by atoms with E-state index >= 15 is 0 Å². The molecule has 3 heterocycles. The van der Waals surface area contributed by atoms with E-state index in [2.05, 4.69) is 4.98 Å². The number of carbonyl (C=O) groups excluding carboxylic acids is 3. The Hall–Kier alpha value is -4.07. The molecule has 3 aromatic rings. The maximum absolute atomic E-state index is 12.7. The first kappa shape index (κ1) is 17.1. The number of benzene rings is 2. The highest BCUT2D eigenvalue weighted by molar-refractivity contribution is 6.21. The number of aromatic nitrogens is 1. The van der Waals surface area contributed by atoms with E-state index in [4.69, 9.17) is 14.3 Å². The molecule has 0 atom stereocenters. The van der Waals surface area contributed by atoms with E-state index in [9.17, 15) is 14.4 Å². The lowest BCUT2D eigenvalue weighted by Crippen LogP contribution is -2.32. The second-order valence-electron chi connectivity index (χ2n) is 6.47. The van der Waals surface area contributed by atoms with Gasteiger partial charge < -0.3 is 19.3 Å². The fourth-order valence-corrected chi connectivity index (χ4v) is 3.36. The van der Waals surface area contributed by atoms with Crippen molar-refractivity contribution in [3.8, 4) is 22.6 Å². The van der Waals surface area contributed by atoms with Crippen molar-refractivity contribution in [1.29, 1.82) is 0 Å². The molecule has 0 aliphatic carbocycles. The molecule has 0 saturated heterocycles. The van der Waals surface area contributed by atoms with Gasteiger partial charge in [-0.05, 0) is 29.8 Å². The number of aromatic amines is 1. The molecule has 144 valence electrons. The van der Waals surface area contributed by atoms with Crippen LogP contribution in [0.1, 0.15) is 31.1 Å². The molecular weight excluding hydrogens is 376 g/mol. The normalized spacial score (nSPS) is 14.7. The van der Waals surface area contributed by atoms with Crippen LogP contribution < -0.4 is 9.47 Å². The SMILES string of the molecule is O=C(ON1C(=O)c2ccccc2C1=O)c1c[nH]cc1-c1ccc2c(c1)OCCO2. The molecule has 1 N–H and O–H groups in total. The summed E-state index contributed by atoms with van der Waals surface area (Å²) in [5.41, 5.74) is 1.82. The van der Waals surface area contributed by atoms with E-state index in [0.717, 1.165) is 0 Å². The number of H-pyrrole nitrogens is 1. The Bertz CT molecular complexity index is 1130. The lowest BCUT2D eigenvalue weighted by Gasteiger charge is -2.19. The van der Waals surface area contributed by atoms with Crippen LogP contribution in [0.2, 0.25) is 0 Å². The van der Waals surface area contributed by atoms with Crippen LogP contribution in [0.25, 0.3) is 11.1 Å². The van der Waals surface area contributed by atoms with Gasteiger partial charge in [-0.25, -0.2) is 4.79 Å². The number of nitrogens with one attached hydrogen (secondary N) is 1. The number of hydroxylamine groups is 2. The van der Waals surface area contributed by atoms with Gasteiger partial charge in [0.05, 0.1) is 16.7 Å². The average Bonchev–Trinajstić information content (AvgIpc) is 3.34. The Morgan fingerprint density at radius 3 is 2.31 bits per heavy atom. The maximum Gasteiger partial charge on any atom is 0.366 e. The van der Waals surface area contributed by atoms with Crippen LogP contribution in [0.15, 0.2) is 54.9 Å². The van der Waals surface area contributed by atoms with Gasteiger partial charge in [0.2, 0.25) is 0 Å². The van der Waals surface area contributed by atoms with Gasteiger partial charge in [0, 0.05) is 18.0 Å². The van der Waals surface area contributed by atoms with Crippen LogP contribution in [0.5, 0.6) is 11.5 Å². The molecule has 0 radical (unpaired) electrons. The molecule has 0 bridgehead atoms. The number of nitrogens with zero attached hydrogens (tertiary/aromatic N) is 1. The minimum Gasteiger partial charge on any atom is -0.486 e. The van der Waals surface area contributed by atoms with Crippen molar-refractivity contribution in [2.24, 2.45) is 0 Å². The Balaban J connectivity index is 1.42. The fraction of sp³-hybridized carbons (Fsp3) is 0.0952. The van der Waals surface area contributed by atoms with Crippen molar-refractivity contribution >= 4 is 17.8 Å². The molecule has 2 amide bonds. The third kappa shape index (κ3) is 2.73. The van der Waals surface area contributed by atoms with Crippen molar-refractivity contribution in [2.75, 3.05) is 13.2 Å². The van der Waals surface area contributed by atoms with E-state index in [0.29, 0.717) is 40.9 Å². The molecule has 8 heteroatoms. The minimum absolute atomic E-state index is 0.179. The van der Waals surface area contributed by atoms with Crippen molar-refractivity contribution in [3.05, 3.63) is 71.5 Å². The van der Waals surface area contributed by atoms with Gasteiger partial charge >= 0.3 is 5.97 Å². The summed E-state index contributed by atoms with van der Waals surface area (Å²) in [6, 6.07) is 11.6. The van der Waals surface area contributed by atoms with Gasteiger partial charge in [0.1, 0.15) is 13.2 Å². The third-order valence-electron chi connectivity index (χ3n) is 4.75. The number of fused-ring (bicyclic) bond motifs is 2. The zero-order valence-corrected chi connectivity index (χ0v) is 15.0. The molecule has 1 aromatic heterocycles. The summed E-state index contributed by atoms with van der Waals surface area (Å²) < 4.78 is 11.1. The molecule has 2 aliphatic rings. The van der Waals surface area contributed by atoms with Crippen molar-refractivity contribution in [1.82, 2.24) is 10.0 Å². The first-order valence-corrected chi connectivity index (χ1v) is 8.90. The van der Waals surface area contributed by atoms with Gasteiger partial charge in [0.15, 0.2) is 11.5 Å². The monoisotopic (exact) mass is 390 g/mol. The summed E-state index contributed by atoms with van der Waals surface area (Å²) in [5.74, 6) is -0.961. The zero-order valence-electron chi connectivity index (χ0n) is 15.0. The molecule has 29 heavy (non-hydrogen) atoms. The van der Waals surface area contributed by atoms with Crippen LogP contribution in [0, 0.1) is 0 Å². The largest absolute Gasteiger partial charge is 0.486 e. The number of ether oxygens (including phenoxy) is 2. The molecule has 0 spiro atoms. The molecule has 8 nitrogen and oxygen atoms in total. The van der Waals surface area contributed by atoms with Crippen LogP contribution >= 0.6 is 0 Å². The number of amides is 2. The van der Waals surface area contributed by atoms with E-state index in [-0.39, 0.29) is 16.7 Å². The summed E-state index contributed by atoms with van der Waals surface area (Å²) in [6.45, 7) is 0.923. The minimum atomic E-state index is -0.828. The van der Waals surface area contributed by atoms with Crippen molar-refractivity contribution in [3.63, 3.8) is 0 Å². The molecule has 2 aliphatic heterocycles. The number of imide groups is 1. The average molecular weight is 390 g/mol. The summed E-state index contributed by atoms with van der Waals surface area (Å²) in [6.07, 6.45) is 3.08. The van der Waals surface area contributed by atoms with Gasteiger partial charge in [0.25, 0.3) is 11.8 Å². The highest BCUT2D eigenvalue weighted by Crippen LogP contribution is 2.36. The third-order valence-corrected chi connectivity index (χ3v) is 4.75. The Morgan fingerprint density at radius 1 is 0.897 bits per heavy atom. The number of rotatable bonds is 3. The summed E-state index contributed by atoms with van der Waals surface area (Å²) in [5, 5.41) is 0.494. The Kier molecular flexibility index (Phi) is 3.83. The maximum atomic E-state index is 12.7. The highest BCUT2D eigenvalue weighted by Gasteiger charge is 2.39.